The van der Waals surface area contributed by atoms with Crippen molar-refractivity contribution in [2.45, 2.75) is 40.3 Å². The number of carbonyl (C=O) groups is 1. The van der Waals surface area contributed by atoms with Crippen LogP contribution in [-0.4, -0.2) is 52.0 Å². The van der Waals surface area contributed by atoms with Crippen molar-refractivity contribution < 1.29 is 31.1 Å². The number of hydrogen-bond donors (Lipinski definition) is 1. The number of nitrogens with zero attached hydrogens (tertiary/aromatic N) is 2. The minimum absolute atomic E-state index is 0.0418. The molecule has 1 amide bonds. The highest BCUT2D eigenvalue weighted by atomic mass is 32.2. The molecule has 1 unspecified atom stereocenters. The number of allylic oxidation sites excluding steroid dienone is 3. The normalized spacial score (nSPS) is 21.9. The van der Waals surface area contributed by atoms with Gasteiger partial charge in [-0.1, -0.05) is 20.8 Å². The van der Waals surface area contributed by atoms with Gasteiger partial charge in [0.05, 0.1) is 17.1 Å². The van der Waals surface area contributed by atoms with E-state index in [0.29, 0.717) is 44.2 Å². The van der Waals surface area contributed by atoms with Crippen molar-refractivity contribution in [3.05, 3.63) is 52.6 Å². The van der Waals surface area contributed by atoms with Crippen LogP contribution in [0.3, 0.4) is 0 Å². The molecule has 1 atom stereocenters. The van der Waals surface area contributed by atoms with Crippen LogP contribution in [0.25, 0.3) is 0 Å². The van der Waals surface area contributed by atoms with E-state index in [1.54, 1.807) is 11.8 Å². The van der Waals surface area contributed by atoms with Gasteiger partial charge in [0.25, 0.3) is 0 Å². The number of hydrogen-bond acceptors (Lipinski definition) is 5. The first kappa shape index (κ1) is 27.1. The average molecular weight is 516 g/mol. The molecule has 2 N–H and O–H groups in total. The van der Waals surface area contributed by atoms with Gasteiger partial charge in [-0.3, -0.25) is 4.79 Å². The number of benzene rings is 1. The van der Waals surface area contributed by atoms with Gasteiger partial charge in [-0.05, 0) is 48.8 Å². The zero-order valence-electron chi connectivity index (χ0n) is 20.4. The van der Waals surface area contributed by atoms with Crippen LogP contribution >= 0.6 is 0 Å². The Morgan fingerprint density at radius 3 is 2.11 bits per heavy atom. The SMILES string of the molecule is CC(C)(C)COC1=CC=C(S(N)(=O)=O)CC1(C)C(=O)N1CCN(c2ccc(C(F)(F)F)cc2)CC1. The topological polar surface area (TPSA) is 92.9 Å². The third-order valence-corrected chi connectivity index (χ3v) is 7.13. The molecule has 1 aliphatic heterocycles. The van der Waals surface area contributed by atoms with E-state index in [4.69, 9.17) is 9.88 Å². The maximum atomic E-state index is 13.7. The number of amides is 1. The quantitative estimate of drug-likeness (QED) is 0.643. The second-order valence-electron chi connectivity index (χ2n) is 10.4. The van der Waals surface area contributed by atoms with Gasteiger partial charge in [-0.25, -0.2) is 13.6 Å². The number of rotatable bonds is 5. The van der Waals surface area contributed by atoms with Crippen LogP contribution in [-0.2, 0) is 25.7 Å². The Morgan fingerprint density at radius 2 is 1.63 bits per heavy atom. The Hall–Kier alpha value is -2.53. The van der Waals surface area contributed by atoms with Gasteiger partial charge in [-0.15, -0.1) is 0 Å². The molecule has 7 nitrogen and oxygen atoms in total. The first-order valence-corrected chi connectivity index (χ1v) is 12.8. The summed E-state index contributed by atoms with van der Waals surface area (Å²) in [6.07, 6.45) is -1.63. The molecule has 1 fully saturated rings. The van der Waals surface area contributed by atoms with Gasteiger partial charge in [0.2, 0.25) is 15.9 Å². The summed E-state index contributed by atoms with van der Waals surface area (Å²) >= 11 is 0. The Balaban J connectivity index is 1.75. The molecule has 1 aliphatic carbocycles. The highest BCUT2D eigenvalue weighted by Crippen LogP contribution is 2.42. The van der Waals surface area contributed by atoms with Crippen molar-refractivity contribution in [3.63, 3.8) is 0 Å². The molecule has 1 aromatic carbocycles. The van der Waals surface area contributed by atoms with Gasteiger partial charge in [-0.2, -0.15) is 13.2 Å². The van der Waals surface area contributed by atoms with E-state index in [2.05, 4.69) is 0 Å². The summed E-state index contributed by atoms with van der Waals surface area (Å²) in [6.45, 7) is 9.46. The second-order valence-corrected chi connectivity index (χ2v) is 12.0. The van der Waals surface area contributed by atoms with E-state index in [0.717, 1.165) is 12.1 Å². The molecule has 3 rings (SSSR count). The fourth-order valence-corrected chi connectivity index (χ4v) is 4.85. The lowest BCUT2D eigenvalue weighted by molar-refractivity contribution is -0.142. The first-order valence-electron chi connectivity index (χ1n) is 11.3. The number of nitrogens with two attached hydrogens (primary N) is 1. The zero-order chi connectivity index (χ0) is 26.2. The summed E-state index contributed by atoms with van der Waals surface area (Å²) in [6, 6.07) is 4.93. The Bertz CT molecular complexity index is 1110. The van der Waals surface area contributed by atoms with Crippen molar-refractivity contribution in [2.24, 2.45) is 16.0 Å². The molecular formula is C24H32F3N3O4S. The van der Waals surface area contributed by atoms with Crippen LogP contribution < -0.4 is 10.0 Å². The largest absolute Gasteiger partial charge is 0.496 e. The Morgan fingerprint density at radius 1 is 1.06 bits per heavy atom. The third-order valence-electron chi connectivity index (χ3n) is 6.12. The van der Waals surface area contributed by atoms with Crippen LogP contribution in [0.15, 0.2) is 47.1 Å². The van der Waals surface area contributed by atoms with E-state index >= 15 is 0 Å². The molecule has 11 heteroatoms. The Labute approximate surface area is 204 Å². The van der Waals surface area contributed by atoms with Crippen LogP contribution in [0.2, 0.25) is 0 Å². The van der Waals surface area contributed by atoms with Gasteiger partial charge >= 0.3 is 6.18 Å². The monoisotopic (exact) mass is 515 g/mol. The summed E-state index contributed by atoms with van der Waals surface area (Å²) in [4.78, 5) is 17.2. The fraction of sp³-hybridized carbons (Fsp3) is 0.542. The van der Waals surface area contributed by atoms with Gasteiger partial charge in [0.15, 0.2) is 0 Å². The molecule has 0 aromatic heterocycles. The standard InChI is InChI=1S/C24H32F3N3O4S/c1-22(2,3)16-34-20-10-9-19(35(28,32)33)15-23(20,4)21(31)30-13-11-29(12-14-30)18-7-5-17(6-8-18)24(25,26)27/h5-10H,11-16H2,1-4H3,(H2,28,32,33). The number of sulfonamides is 1. The number of alkyl halides is 3. The van der Waals surface area contributed by atoms with Crippen molar-refractivity contribution in [3.8, 4) is 0 Å². The molecule has 0 radical (unpaired) electrons. The first-order chi connectivity index (χ1) is 16.0. The number of carbonyl (C=O) groups excluding carboxylic acids is 1. The summed E-state index contributed by atoms with van der Waals surface area (Å²) in [7, 11) is -3.98. The van der Waals surface area contributed by atoms with E-state index in [-0.39, 0.29) is 22.6 Å². The number of ether oxygens (including phenoxy) is 1. The van der Waals surface area contributed by atoms with Crippen LogP contribution in [0, 0.1) is 10.8 Å². The molecule has 1 heterocycles. The summed E-state index contributed by atoms with van der Waals surface area (Å²) in [5.41, 5.74) is -1.50. The summed E-state index contributed by atoms with van der Waals surface area (Å²) in [5.74, 6) is 0.106. The zero-order valence-corrected chi connectivity index (χ0v) is 21.2. The minimum Gasteiger partial charge on any atom is -0.496 e. The predicted molar refractivity (Wildman–Crippen MR) is 128 cm³/mol. The maximum Gasteiger partial charge on any atom is 0.416 e. The van der Waals surface area contributed by atoms with Crippen molar-refractivity contribution >= 4 is 21.6 Å². The molecular weight excluding hydrogens is 483 g/mol. The number of halogens is 3. The smallest absolute Gasteiger partial charge is 0.416 e. The molecule has 0 saturated carbocycles. The summed E-state index contributed by atoms with van der Waals surface area (Å²) < 4.78 is 68.6. The Kier molecular flexibility index (Phi) is 7.34. The van der Waals surface area contributed by atoms with Crippen LogP contribution in [0.1, 0.15) is 39.7 Å². The van der Waals surface area contributed by atoms with E-state index in [9.17, 15) is 26.4 Å². The van der Waals surface area contributed by atoms with E-state index < -0.39 is 27.2 Å². The fourth-order valence-electron chi connectivity index (χ4n) is 4.10. The van der Waals surface area contributed by atoms with Crippen LogP contribution in [0.4, 0.5) is 18.9 Å². The average Bonchev–Trinajstić information content (AvgIpc) is 2.76. The summed E-state index contributed by atoms with van der Waals surface area (Å²) in [5, 5.41) is 5.35. The number of anilines is 1. The lowest BCUT2D eigenvalue weighted by Gasteiger charge is -2.42. The molecule has 0 bridgehead atoms. The molecule has 1 saturated heterocycles. The second kappa shape index (κ2) is 9.50. The molecule has 0 spiro atoms. The lowest BCUT2D eigenvalue weighted by Crippen LogP contribution is -2.54. The highest BCUT2D eigenvalue weighted by Gasteiger charge is 2.46. The van der Waals surface area contributed by atoms with Crippen LogP contribution in [0.5, 0.6) is 0 Å². The van der Waals surface area contributed by atoms with Crippen molar-refractivity contribution in [1.29, 1.82) is 0 Å². The number of piperazine rings is 1. The number of primary sulfonamides is 1. The minimum atomic E-state index is -4.40. The van der Waals surface area contributed by atoms with Gasteiger partial charge < -0.3 is 14.5 Å². The molecule has 194 valence electrons. The highest BCUT2D eigenvalue weighted by molar-refractivity contribution is 7.93. The van der Waals surface area contributed by atoms with Crippen molar-refractivity contribution in [2.75, 3.05) is 37.7 Å². The predicted octanol–water partition coefficient (Wildman–Crippen LogP) is 3.88. The van der Waals surface area contributed by atoms with Gasteiger partial charge in [0, 0.05) is 38.3 Å². The van der Waals surface area contributed by atoms with Gasteiger partial charge in [0.1, 0.15) is 11.2 Å². The van der Waals surface area contributed by atoms with E-state index in [1.165, 1.54) is 24.3 Å². The van der Waals surface area contributed by atoms with Crippen molar-refractivity contribution in [1.82, 2.24) is 4.90 Å². The third kappa shape index (κ3) is 6.38. The maximum absolute atomic E-state index is 13.7. The van der Waals surface area contributed by atoms with E-state index in [1.807, 2.05) is 25.7 Å². The lowest BCUT2D eigenvalue weighted by atomic mass is 9.79. The molecule has 2 aliphatic rings. The molecule has 35 heavy (non-hydrogen) atoms. The molecule has 1 aromatic rings.